The number of nitrogens with zero attached hydrogens (tertiary/aromatic N) is 1. The highest BCUT2D eigenvalue weighted by Gasteiger charge is 2.15. The quantitative estimate of drug-likeness (QED) is 0.830. The average molecular weight is 277 g/mol. The summed E-state index contributed by atoms with van der Waals surface area (Å²) in [7, 11) is 0. The Kier molecular flexibility index (Phi) is 5.55. The summed E-state index contributed by atoms with van der Waals surface area (Å²) in [6.45, 7) is 7.96. The number of carbonyl (C=O) groups excluding carboxylic acids is 1. The molecular weight excluding hydrogens is 254 g/mol. The van der Waals surface area contributed by atoms with E-state index in [1.54, 1.807) is 6.20 Å². The lowest BCUT2D eigenvalue weighted by atomic mass is 10.2. The maximum absolute atomic E-state index is 11.4. The summed E-state index contributed by atoms with van der Waals surface area (Å²) < 4.78 is 5.13. The van der Waals surface area contributed by atoms with Crippen molar-refractivity contribution in [1.82, 2.24) is 10.3 Å². The van der Waals surface area contributed by atoms with Gasteiger partial charge >= 0.3 is 6.09 Å². The molecule has 0 bridgehead atoms. The van der Waals surface area contributed by atoms with Crippen molar-refractivity contribution < 1.29 is 9.53 Å². The first kappa shape index (κ1) is 16.0. The maximum atomic E-state index is 11.4. The van der Waals surface area contributed by atoms with E-state index in [2.05, 4.69) is 10.3 Å². The second-order valence-electron chi connectivity index (χ2n) is 5.59. The zero-order chi connectivity index (χ0) is 15.2. The summed E-state index contributed by atoms with van der Waals surface area (Å²) in [5, 5.41) is 2.70. The summed E-state index contributed by atoms with van der Waals surface area (Å²) in [6.07, 6.45) is 5.99. The van der Waals surface area contributed by atoms with E-state index in [9.17, 15) is 4.79 Å². The molecule has 5 nitrogen and oxygen atoms in total. The van der Waals surface area contributed by atoms with Gasteiger partial charge in [-0.05, 0) is 51.3 Å². The second-order valence-corrected chi connectivity index (χ2v) is 5.59. The lowest BCUT2D eigenvalue weighted by Gasteiger charge is -2.19. The number of carbonyl (C=O) groups is 1. The van der Waals surface area contributed by atoms with Gasteiger partial charge in [0.15, 0.2) is 0 Å². The Labute approximate surface area is 120 Å². The number of amides is 1. The molecule has 3 N–H and O–H groups in total. The van der Waals surface area contributed by atoms with E-state index < -0.39 is 11.7 Å². The fourth-order valence-corrected chi connectivity index (χ4v) is 1.49. The smallest absolute Gasteiger partial charge is 0.407 e. The van der Waals surface area contributed by atoms with Crippen molar-refractivity contribution in [3.8, 4) is 0 Å². The van der Waals surface area contributed by atoms with Crippen LogP contribution < -0.4 is 11.1 Å². The van der Waals surface area contributed by atoms with E-state index in [0.29, 0.717) is 12.4 Å². The molecule has 5 heteroatoms. The zero-order valence-corrected chi connectivity index (χ0v) is 12.6. The number of rotatable bonds is 4. The molecule has 0 aliphatic rings. The van der Waals surface area contributed by atoms with Gasteiger partial charge in [0.25, 0.3) is 0 Å². The molecule has 0 atom stereocenters. The lowest BCUT2D eigenvalue weighted by Crippen LogP contribution is -2.32. The molecule has 0 aliphatic heterocycles. The van der Waals surface area contributed by atoms with Crippen LogP contribution in [0.3, 0.4) is 0 Å². The van der Waals surface area contributed by atoms with Crippen LogP contribution in [0.15, 0.2) is 18.3 Å². The van der Waals surface area contributed by atoms with Gasteiger partial charge < -0.3 is 15.8 Å². The number of pyridine rings is 1. The number of aryl methyl sites for hydroxylation is 1. The number of nitrogen functional groups attached to an aromatic ring is 1. The number of nitrogens with one attached hydrogen (secondary N) is 1. The minimum atomic E-state index is -0.465. The first-order chi connectivity index (χ1) is 9.28. The summed E-state index contributed by atoms with van der Waals surface area (Å²) in [6, 6.07) is 1.97. The van der Waals surface area contributed by atoms with Crippen molar-refractivity contribution in [2.75, 3.05) is 12.3 Å². The SMILES string of the molecule is Cc1cc(C=CCCNC(=O)OC(C)(C)C)cnc1N. The topological polar surface area (TPSA) is 77.2 Å². The maximum Gasteiger partial charge on any atom is 0.407 e. The van der Waals surface area contributed by atoms with Crippen molar-refractivity contribution >= 4 is 18.0 Å². The molecule has 0 spiro atoms. The predicted molar refractivity (Wildman–Crippen MR) is 81.3 cm³/mol. The van der Waals surface area contributed by atoms with Crippen molar-refractivity contribution in [2.24, 2.45) is 0 Å². The molecular formula is C15H23N3O2. The first-order valence-electron chi connectivity index (χ1n) is 6.63. The highest BCUT2D eigenvalue weighted by Crippen LogP contribution is 2.10. The van der Waals surface area contributed by atoms with Gasteiger partial charge in [-0.3, -0.25) is 0 Å². The van der Waals surface area contributed by atoms with Gasteiger partial charge in [-0.2, -0.15) is 0 Å². The van der Waals surface area contributed by atoms with Crippen LogP contribution in [0.5, 0.6) is 0 Å². The number of aromatic nitrogens is 1. The molecule has 0 unspecified atom stereocenters. The van der Waals surface area contributed by atoms with E-state index in [1.165, 1.54) is 0 Å². The summed E-state index contributed by atoms with van der Waals surface area (Å²) in [5.41, 5.74) is 7.14. The Hall–Kier alpha value is -2.04. The van der Waals surface area contributed by atoms with Crippen molar-refractivity contribution in [1.29, 1.82) is 0 Å². The van der Waals surface area contributed by atoms with Gasteiger partial charge in [-0.25, -0.2) is 9.78 Å². The minimum Gasteiger partial charge on any atom is -0.444 e. The summed E-state index contributed by atoms with van der Waals surface area (Å²) in [5.74, 6) is 0.550. The Morgan fingerprint density at radius 1 is 1.50 bits per heavy atom. The summed E-state index contributed by atoms with van der Waals surface area (Å²) >= 11 is 0. The van der Waals surface area contributed by atoms with Gasteiger partial charge in [0.05, 0.1) is 0 Å². The number of hydrogen-bond donors (Lipinski definition) is 2. The minimum absolute atomic E-state index is 0.393. The van der Waals surface area contributed by atoms with Crippen molar-refractivity contribution in [3.05, 3.63) is 29.5 Å². The Morgan fingerprint density at radius 2 is 2.20 bits per heavy atom. The largest absolute Gasteiger partial charge is 0.444 e. The molecule has 0 aromatic carbocycles. The average Bonchev–Trinajstić information content (AvgIpc) is 2.31. The van der Waals surface area contributed by atoms with Crippen molar-refractivity contribution in [2.45, 2.75) is 39.7 Å². The highest BCUT2D eigenvalue weighted by atomic mass is 16.6. The van der Waals surface area contributed by atoms with E-state index in [0.717, 1.165) is 17.5 Å². The molecule has 20 heavy (non-hydrogen) atoms. The van der Waals surface area contributed by atoms with Crippen LogP contribution in [0.1, 0.15) is 38.3 Å². The molecule has 1 rings (SSSR count). The molecule has 110 valence electrons. The molecule has 1 heterocycles. The van der Waals surface area contributed by atoms with Crippen molar-refractivity contribution in [3.63, 3.8) is 0 Å². The monoisotopic (exact) mass is 277 g/mol. The van der Waals surface area contributed by atoms with Crippen LogP contribution in [0, 0.1) is 6.92 Å². The van der Waals surface area contributed by atoms with Gasteiger partial charge in [0, 0.05) is 12.7 Å². The van der Waals surface area contributed by atoms with Crippen LogP contribution >= 0.6 is 0 Å². The number of alkyl carbamates (subject to hydrolysis) is 1. The predicted octanol–water partition coefficient (Wildman–Crippen LogP) is 2.90. The van der Waals surface area contributed by atoms with Gasteiger partial charge in [-0.1, -0.05) is 12.2 Å². The molecule has 0 fully saturated rings. The van der Waals surface area contributed by atoms with E-state index in [-0.39, 0.29) is 0 Å². The Bertz CT molecular complexity index is 490. The third-order valence-corrected chi connectivity index (χ3v) is 2.43. The van der Waals surface area contributed by atoms with Crippen LogP contribution in [0.25, 0.3) is 6.08 Å². The van der Waals surface area contributed by atoms with E-state index in [1.807, 2.05) is 45.9 Å². The third kappa shape index (κ3) is 6.22. The van der Waals surface area contributed by atoms with Crippen LogP contribution in [0.2, 0.25) is 0 Å². The lowest BCUT2D eigenvalue weighted by molar-refractivity contribution is 0.0529. The molecule has 1 aromatic heterocycles. The number of nitrogens with two attached hydrogens (primary N) is 1. The van der Waals surface area contributed by atoms with E-state index in [4.69, 9.17) is 10.5 Å². The summed E-state index contributed by atoms with van der Waals surface area (Å²) in [4.78, 5) is 15.5. The van der Waals surface area contributed by atoms with Crippen LogP contribution in [-0.4, -0.2) is 23.2 Å². The zero-order valence-electron chi connectivity index (χ0n) is 12.6. The number of anilines is 1. The van der Waals surface area contributed by atoms with E-state index >= 15 is 0 Å². The molecule has 0 saturated heterocycles. The molecule has 1 amide bonds. The molecule has 0 aliphatic carbocycles. The van der Waals surface area contributed by atoms with Crippen LogP contribution in [0.4, 0.5) is 10.6 Å². The fourth-order valence-electron chi connectivity index (χ4n) is 1.49. The third-order valence-electron chi connectivity index (χ3n) is 2.43. The van der Waals surface area contributed by atoms with Gasteiger partial charge in [-0.15, -0.1) is 0 Å². The van der Waals surface area contributed by atoms with Gasteiger partial charge in [0.1, 0.15) is 11.4 Å². The molecule has 0 saturated carbocycles. The highest BCUT2D eigenvalue weighted by molar-refractivity contribution is 5.67. The fraction of sp³-hybridized carbons (Fsp3) is 0.467. The molecule has 1 aromatic rings. The second kappa shape index (κ2) is 6.93. The first-order valence-corrected chi connectivity index (χ1v) is 6.63. The van der Waals surface area contributed by atoms with Crippen LogP contribution in [-0.2, 0) is 4.74 Å². The van der Waals surface area contributed by atoms with Gasteiger partial charge in [0.2, 0.25) is 0 Å². The Morgan fingerprint density at radius 3 is 2.80 bits per heavy atom. The molecule has 0 radical (unpaired) electrons. The number of ether oxygens (including phenoxy) is 1. The normalized spacial score (nSPS) is 11.6. The number of hydrogen-bond acceptors (Lipinski definition) is 4. The Balaban J connectivity index is 2.32. The standard InChI is InChI=1S/C15H23N3O2/c1-11-9-12(10-18-13(11)16)7-5-6-8-17-14(19)20-15(2,3)4/h5,7,9-10H,6,8H2,1-4H3,(H2,16,18)(H,17,19).